The van der Waals surface area contributed by atoms with Gasteiger partial charge in [0.05, 0.1) is 22.4 Å². The summed E-state index contributed by atoms with van der Waals surface area (Å²) in [7, 11) is -3.62. The number of anilines is 3. The van der Waals surface area contributed by atoms with Crippen molar-refractivity contribution in [2.75, 3.05) is 23.5 Å². The van der Waals surface area contributed by atoms with E-state index in [1.165, 1.54) is 6.07 Å². The van der Waals surface area contributed by atoms with Gasteiger partial charge in [-0.05, 0) is 43.9 Å². The van der Waals surface area contributed by atoms with Crippen LogP contribution in [0.15, 0.2) is 29.2 Å². The third kappa shape index (κ3) is 4.85. The summed E-state index contributed by atoms with van der Waals surface area (Å²) in [6.45, 7) is 2.35. The van der Waals surface area contributed by atoms with Gasteiger partial charge in [-0.15, -0.1) is 0 Å². The van der Waals surface area contributed by atoms with Gasteiger partial charge >= 0.3 is 0 Å². The summed E-state index contributed by atoms with van der Waals surface area (Å²) in [5, 5.41) is 5.53. The fraction of sp³-hybridized carbons (Fsp3) is 0.435. The first-order chi connectivity index (χ1) is 16.5. The summed E-state index contributed by atoms with van der Waals surface area (Å²) >= 11 is 0. The molecule has 0 spiro atoms. The number of ether oxygens (including phenoxy) is 1. The highest BCUT2D eigenvalue weighted by Crippen LogP contribution is 2.49. The first-order valence-electron chi connectivity index (χ1n) is 11.3. The van der Waals surface area contributed by atoms with Crippen molar-refractivity contribution in [3.8, 4) is 0 Å². The molecule has 0 radical (unpaired) electrons. The Bertz CT molecular complexity index is 1420. The number of hydrogen-bond acceptors (Lipinski definition) is 7. The molecule has 1 aliphatic heterocycles. The van der Waals surface area contributed by atoms with E-state index < -0.39 is 34.0 Å². The number of halogens is 2. The normalized spacial score (nSPS) is 21.6. The number of aromatic nitrogens is 3. The van der Waals surface area contributed by atoms with Gasteiger partial charge in [0.25, 0.3) is 5.92 Å². The van der Waals surface area contributed by atoms with E-state index in [0.29, 0.717) is 35.0 Å². The molecule has 1 amide bonds. The van der Waals surface area contributed by atoms with Gasteiger partial charge in [-0.3, -0.25) is 4.79 Å². The van der Waals surface area contributed by atoms with Crippen molar-refractivity contribution in [3.05, 3.63) is 35.7 Å². The average Bonchev–Trinajstić information content (AvgIpc) is 3.27. The van der Waals surface area contributed by atoms with Gasteiger partial charge in [-0.25, -0.2) is 27.2 Å². The van der Waals surface area contributed by atoms with Crippen LogP contribution in [0.3, 0.4) is 0 Å². The van der Waals surface area contributed by atoms with Crippen molar-refractivity contribution >= 4 is 44.1 Å². The van der Waals surface area contributed by atoms with Gasteiger partial charge in [-0.1, -0.05) is 6.07 Å². The maximum Gasteiger partial charge on any atom is 0.260 e. The number of nitrogens with zero attached hydrogens (tertiary/aromatic N) is 2. The Labute approximate surface area is 200 Å². The van der Waals surface area contributed by atoms with E-state index in [9.17, 15) is 22.0 Å². The second kappa shape index (κ2) is 8.52. The lowest BCUT2D eigenvalue weighted by atomic mass is 10.0. The highest BCUT2D eigenvalue weighted by molar-refractivity contribution is 7.90. The predicted octanol–water partition coefficient (Wildman–Crippen LogP) is 4.25. The SMILES string of the molecule is Cc1nc2c(Nc3ccc([C@@H]4CCCCO4)cc3S(C)(=O)=O)cc(NC(=O)[C@H]3CC3(F)F)nc2[nH]1. The maximum atomic E-state index is 13.3. The molecule has 1 saturated carbocycles. The second-order valence-electron chi connectivity index (χ2n) is 9.09. The number of rotatable bonds is 6. The summed E-state index contributed by atoms with van der Waals surface area (Å²) < 4.78 is 57.8. The van der Waals surface area contributed by atoms with E-state index in [4.69, 9.17) is 4.74 Å². The zero-order chi connectivity index (χ0) is 25.0. The highest BCUT2D eigenvalue weighted by Gasteiger charge is 2.61. The molecule has 3 heterocycles. The van der Waals surface area contributed by atoms with Crippen LogP contribution in [0.1, 0.15) is 43.2 Å². The smallest absolute Gasteiger partial charge is 0.260 e. The Morgan fingerprint density at radius 3 is 2.63 bits per heavy atom. The summed E-state index contributed by atoms with van der Waals surface area (Å²) in [6, 6.07) is 6.54. The van der Waals surface area contributed by atoms with E-state index in [1.54, 1.807) is 19.1 Å². The molecule has 0 unspecified atom stereocenters. The van der Waals surface area contributed by atoms with Crippen LogP contribution in [0.2, 0.25) is 0 Å². The van der Waals surface area contributed by atoms with Gasteiger partial charge in [0.15, 0.2) is 15.5 Å². The van der Waals surface area contributed by atoms with Crippen LogP contribution >= 0.6 is 0 Å². The summed E-state index contributed by atoms with van der Waals surface area (Å²) in [4.78, 5) is 23.9. The van der Waals surface area contributed by atoms with Crippen LogP contribution in [0.4, 0.5) is 26.0 Å². The number of benzene rings is 1. The van der Waals surface area contributed by atoms with Crippen LogP contribution in [-0.2, 0) is 19.4 Å². The van der Waals surface area contributed by atoms with Gasteiger partial charge in [0.2, 0.25) is 5.91 Å². The van der Waals surface area contributed by atoms with Crippen LogP contribution in [-0.4, -0.2) is 48.1 Å². The lowest BCUT2D eigenvalue weighted by Gasteiger charge is -2.24. The average molecular weight is 506 g/mol. The van der Waals surface area contributed by atoms with Crippen molar-refractivity contribution in [1.29, 1.82) is 0 Å². The minimum Gasteiger partial charge on any atom is -0.374 e. The zero-order valence-corrected chi connectivity index (χ0v) is 20.0. The molecule has 12 heteroatoms. The Hall–Kier alpha value is -3.12. The van der Waals surface area contributed by atoms with Crippen LogP contribution in [0, 0.1) is 12.8 Å². The summed E-state index contributed by atoms with van der Waals surface area (Å²) in [5.41, 5.74) is 2.19. The number of sulfone groups is 1. The van der Waals surface area contributed by atoms with Crippen LogP contribution in [0.5, 0.6) is 0 Å². The number of carbonyl (C=O) groups is 1. The molecule has 35 heavy (non-hydrogen) atoms. The molecule has 1 saturated heterocycles. The quantitative estimate of drug-likeness (QED) is 0.457. The van der Waals surface area contributed by atoms with Crippen molar-refractivity contribution < 1.29 is 26.7 Å². The van der Waals surface area contributed by atoms with Crippen molar-refractivity contribution in [2.45, 2.75) is 49.5 Å². The van der Waals surface area contributed by atoms with Gasteiger partial charge in [0, 0.05) is 25.3 Å². The molecule has 3 aromatic rings. The topological polar surface area (TPSA) is 126 Å². The molecule has 3 N–H and O–H groups in total. The number of aromatic amines is 1. The third-order valence-electron chi connectivity index (χ3n) is 6.19. The number of hydrogen-bond donors (Lipinski definition) is 3. The molecule has 2 aromatic heterocycles. The molecule has 1 aromatic carbocycles. The largest absolute Gasteiger partial charge is 0.374 e. The zero-order valence-electron chi connectivity index (χ0n) is 19.2. The monoisotopic (exact) mass is 505 g/mol. The van der Waals surface area contributed by atoms with E-state index in [0.717, 1.165) is 31.1 Å². The van der Waals surface area contributed by atoms with E-state index in [-0.39, 0.29) is 16.8 Å². The van der Waals surface area contributed by atoms with Crippen molar-refractivity contribution in [2.24, 2.45) is 5.92 Å². The maximum absolute atomic E-state index is 13.3. The Balaban J connectivity index is 1.51. The highest BCUT2D eigenvalue weighted by atomic mass is 32.2. The van der Waals surface area contributed by atoms with Gasteiger partial charge in [-0.2, -0.15) is 0 Å². The number of aryl methyl sites for hydroxylation is 1. The molecule has 2 aliphatic rings. The number of amides is 1. The standard InChI is InChI=1S/C23H25F2N5O4S/c1-12-26-20-16(10-19(29-21(20)27-12)30-22(31)14-11-23(14,24)25)28-15-7-6-13(9-18(15)35(2,32)33)17-5-3-4-8-34-17/h6-7,9-10,14,17H,3-5,8,11H2,1-2H3,(H3,26,27,28,29,30,31)/t14-,17+/m1/s1. The third-order valence-corrected chi connectivity index (χ3v) is 7.33. The Morgan fingerprint density at radius 1 is 1.20 bits per heavy atom. The number of nitrogens with one attached hydrogen (secondary N) is 3. The lowest BCUT2D eigenvalue weighted by Crippen LogP contribution is -2.18. The van der Waals surface area contributed by atoms with E-state index in [1.807, 2.05) is 6.07 Å². The number of alkyl halides is 2. The molecular weight excluding hydrogens is 480 g/mol. The number of fused-ring (bicyclic) bond motifs is 1. The Kier molecular flexibility index (Phi) is 5.75. The minimum absolute atomic E-state index is 0.0458. The summed E-state index contributed by atoms with van der Waals surface area (Å²) in [6.07, 6.45) is 3.27. The van der Waals surface area contributed by atoms with Gasteiger partial charge in [0.1, 0.15) is 23.1 Å². The van der Waals surface area contributed by atoms with Crippen LogP contribution < -0.4 is 10.6 Å². The number of imidazole rings is 1. The molecule has 1 aliphatic carbocycles. The molecule has 9 nitrogen and oxygen atoms in total. The first kappa shape index (κ1) is 23.6. The predicted molar refractivity (Wildman–Crippen MR) is 126 cm³/mol. The molecule has 2 atom stereocenters. The van der Waals surface area contributed by atoms with Crippen molar-refractivity contribution in [1.82, 2.24) is 15.0 Å². The number of carbonyl (C=O) groups excluding carboxylic acids is 1. The molecular formula is C23H25F2N5O4S. The number of H-pyrrole nitrogens is 1. The second-order valence-corrected chi connectivity index (χ2v) is 11.1. The minimum atomic E-state index is -3.62. The van der Waals surface area contributed by atoms with E-state index in [2.05, 4.69) is 25.6 Å². The fourth-order valence-corrected chi connectivity index (χ4v) is 5.14. The lowest BCUT2D eigenvalue weighted by molar-refractivity contribution is -0.119. The first-order valence-corrected chi connectivity index (χ1v) is 13.2. The molecule has 186 valence electrons. The van der Waals surface area contributed by atoms with Crippen LogP contribution in [0.25, 0.3) is 11.2 Å². The fourth-order valence-electron chi connectivity index (χ4n) is 4.27. The molecule has 2 fully saturated rings. The van der Waals surface area contributed by atoms with Crippen molar-refractivity contribution in [3.63, 3.8) is 0 Å². The number of pyridine rings is 1. The molecule has 5 rings (SSSR count). The Morgan fingerprint density at radius 2 is 1.97 bits per heavy atom. The van der Waals surface area contributed by atoms with E-state index >= 15 is 0 Å². The van der Waals surface area contributed by atoms with Gasteiger partial charge < -0.3 is 20.4 Å². The molecule has 0 bridgehead atoms. The summed E-state index contributed by atoms with van der Waals surface area (Å²) in [5.74, 6) is -4.62.